The van der Waals surface area contributed by atoms with Crippen molar-refractivity contribution in [3.05, 3.63) is 71.1 Å². The number of nitrogens with one attached hydrogen (secondary N) is 4. The van der Waals surface area contributed by atoms with Crippen LogP contribution < -0.4 is 20.7 Å². The van der Waals surface area contributed by atoms with Gasteiger partial charge in [0.2, 0.25) is 5.82 Å². The lowest BCUT2D eigenvalue weighted by Crippen LogP contribution is -2.42. The summed E-state index contributed by atoms with van der Waals surface area (Å²) in [6.07, 6.45) is 4.51. The Hall–Kier alpha value is -4.25. The van der Waals surface area contributed by atoms with Crippen molar-refractivity contribution in [1.82, 2.24) is 25.0 Å². The summed E-state index contributed by atoms with van der Waals surface area (Å²) in [6, 6.07) is 7.38. The first-order valence-electron chi connectivity index (χ1n) is 12.1. The zero-order valence-electron chi connectivity index (χ0n) is 21.8. The number of nitrogens with zero attached hydrogens (tertiary/aromatic N) is 3. The molecule has 4 aromatic rings. The maximum Gasteiger partial charge on any atom is 0.253 e. The van der Waals surface area contributed by atoms with Gasteiger partial charge in [0.1, 0.15) is 0 Å². The van der Waals surface area contributed by atoms with E-state index in [0.29, 0.717) is 40.8 Å². The predicted molar refractivity (Wildman–Crippen MR) is 147 cm³/mol. The second-order valence-electron chi connectivity index (χ2n) is 9.20. The second-order valence-corrected chi connectivity index (χ2v) is 9.61. The molecule has 0 fully saturated rings. The average Bonchev–Trinajstić information content (AvgIpc) is 3.33. The molecule has 0 unspecified atom stereocenters. The third-order valence-corrected chi connectivity index (χ3v) is 6.31. The highest BCUT2D eigenvalue weighted by molar-refractivity contribution is 6.34. The number of fused-ring (bicyclic) bond motifs is 1. The van der Waals surface area contributed by atoms with Crippen molar-refractivity contribution in [2.45, 2.75) is 26.8 Å². The molecular weight excluding hydrogens is 528 g/mol. The van der Waals surface area contributed by atoms with Crippen LogP contribution in [0.15, 0.2) is 48.9 Å². The third-order valence-electron chi connectivity index (χ3n) is 6.00. The molecule has 0 radical (unpaired) electrons. The van der Waals surface area contributed by atoms with Gasteiger partial charge in [0.05, 0.1) is 35.4 Å². The molecule has 2 aromatic heterocycles. The van der Waals surface area contributed by atoms with Gasteiger partial charge in [-0.3, -0.25) is 14.6 Å². The van der Waals surface area contributed by atoms with E-state index in [1.165, 1.54) is 31.6 Å². The monoisotopic (exact) mass is 555 g/mol. The number of amidine groups is 1. The van der Waals surface area contributed by atoms with Crippen LogP contribution in [0.3, 0.4) is 0 Å². The number of hydrogen-bond acceptors (Lipinski definition) is 6. The van der Waals surface area contributed by atoms with Gasteiger partial charge in [-0.05, 0) is 37.3 Å². The lowest BCUT2D eigenvalue weighted by molar-refractivity contribution is 0.0940. The Morgan fingerprint density at radius 3 is 2.62 bits per heavy atom. The Bertz CT molecular complexity index is 1540. The summed E-state index contributed by atoms with van der Waals surface area (Å²) < 4.78 is 35.5. The number of anilines is 2. The molecule has 4 N–H and O–H groups in total. The van der Waals surface area contributed by atoms with Crippen molar-refractivity contribution in [2.75, 3.05) is 19.0 Å². The first kappa shape index (κ1) is 27.8. The zero-order valence-corrected chi connectivity index (χ0v) is 22.5. The zero-order chi connectivity index (χ0) is 28.3. The van der Waals surface area contributed by atoms with E-state index in [0.717, 1.165) is 0 Å². The second kappa shape index (κ2) is 11.6. The van der Waals surface area contributed by atoms with E-state index < -0.39 is 11.6 Å². The summed E-state index contributed by atoms with van der Waals surface area (Å²) in [5.41, 5.74) is 1.55. The summed E-state index contributed by atoms with van der Waals surface area (Å²) in [7, 11) is 1.26. The molecule has 0 aliphatic carbocycles. The van der Waals surface area contributed by atoms with Gasteiger partial charge in [0.25, 0.3) is 5.91 Å². The summed E-state index contributed by atoms with van der Waals surface area (Å²) >= 11 is 6.42. The van der Waals surface area contributed by atoms with Gasteiger partial charge < -0.3 is 20.7 Å². The van der Waals surface area contributed by atoms with Crippen LogP contribution in [-0.4, -0.2) is 45.8 Å². The minimum Gasteiger partial charge on any atom is -0.494 e. The number of methoxy groups -OCH3 is 1. The van der Waals surface area contributed by atoms with E-state index in [1.54, 1.807) is 28.8 Å². The van der Waals surface area contributed by atoms with Crippen LogP contribution in [0.5, 0.6) is 5.75 Å². The van der Waals surface area contributed by atoms with Gasteiger partial charge >= 0.3 is 0 Å². The molecule has 2 heterocycles. The number of imidazole rings is 1. The van der Waals surface area contributed by atoms with Gasteiger partial charge in [-0.15, -0.1) is 0 Å². The van der Waals surface area contributed by atoms with Crippen LogP contribution in [0.4, 0.5) is 20.3 Å². The Morgan fingerprint density at radius 2 is 1.92 bits per heavy atom. The molecule has 0 saturated heterocycles. The number of carbonyl (C=O) groups is 1. The fraction of sp³-hybridized carbons (Fsp3) is 0.259. The molecule has 0 aliphatic heterocycles. The molecule has 12 heteroatoms. The molecule has 0 aliphatic rings. The van der Waals surface area contributed by atoms with Crippen molar-refractivity contribution < 1.29 is 18.3 Å². The molecule has 39 heavy (non-hydrogen) atoms. The maximum atomic E-state index is 14.7. The molecule has 4 rings (SSSR count). The molecule has 2 aromatic carbocycles. The predicted octanol–water partition coefficient (Wildman–Crippen LogP) is 5.42. The average molecular weight is 556 g/mol. The summed E-state index contributed by atoms with van der Waals surface area (Å²) in [5.74, 6) is -1.85. The molecule has 0 spiro atoms. The van der Waals surface area contributed by atoms with Gasteiger partial charge in [-0.1, -0.05) is 25.4 Å². The lowest BCUT2D eigenvalue weighted by Gasteiger charge is -2.18. The number of rotatable bonds is 9. The summed E-state index contributed by atoms with van der Waals surface area (Å²) in [4.78, 5) is 21.4. The maximum absolute atomic E-state index is 14.7. The van der Waals surface area contributed by atoms with Crippen LogP contribution in [-0.2, 0) is 0 Å². The number of carbonyl (C=O) groups excluding carboxylic acids is 1. The lowest BCUT2D eigenvalue weighted by atomic mass is 10.1. The molecule has 0 bridgehead atoms. The minimum absolute atomic E-state index is 0.0156. The summed E-state index contributed by atoms with van der Waals surface area (Å²) in [6.45, 7) is 6.07. The van der Waals surface area contributed by atoms with Crippen LogP contribution in [0.2, 0.25) is 5.02 Å². The van der Waals surface area contributed by atoms with Gasteiger partial charge in [-0.2, -0.15) is 4.39 Å². The number of hydrogen-bond donors (Lipinski definition) is 4. The molecule has 204 valence electrons. The van der Waals surface area contributed by atoms with E-state index in [9.17, 15) is 13.6 Å². The van der Waals surface area contributed by atoms with Crippen LogP contribution in [0.25, 0.3) is 16.9 Å². The fourth-order valence-corrected chi connectivity index (χ4v) is 4.09. The van der Waals surface area contributed by atoms with E-state index in [4.69, 9.17) is 21.7 Å². The summed E-state index contributed by atoms with van der Waals surface area (Å²) in [5, 5.41) is 17.1. The van der Waals surface area contributed by atoms with E-state index >= 15 is 0 Å². The Kier molecular flexibility index (Phi) is 8.29. The van der Waals surface area contributed by atoms with Gasteiger partial charge in [0, 0.05) is 42.1 Å². The number of benzene rings is 2. The van der Waals surface area contributed by atoms with E-state index in [-0.39, 0.29) is 34.2 Å². The van der Waals surface area contributed by atoms with E-state index in [1.807, 2.05) is 20.8 Å². The Balaban J connectivity index is 1.52. The van der Waals surface area contributed by atoms with Crippen molar-refractivity contribution >= 4 is 40.5 Å². The van der Waals surface area contributed by atoms with Crippen LogP contribution in [0.1, 0.15) is 31.1 Å². The number of halogens is 3. The fourth-order valence-electron chi connectivity index (χ4n) is 3.83. The van der Waals surface area contributed by atoms with Crippen molar-refractivity contribution in [1.29, 1.82) is 5.41 Å². The normalized spacial score (nSPS) is 11.9. The first-order chi connectivity index (χ1) is 18.6. The Morgan fingerprint density at radius 1 is 1.15 bits per heavy atom. The van der Waals surface area contributed by atoms with Crippen LogP contribution >= 0.6 is 11.6 Å². The molecule has 1 amide bonds. The topological polar surface area (TPSA) is 116 Å². The molecular formula is C27H28ClF2N7O2. The smallest absolute Gasteiger partial charge is 0.253 e. The van der Waals surface area contributed by atoms with Gasteiger partial charge in [-0.25, -0.2) is 14.4 Å². The highest BCUT2D eigenvalue weighted by Crippen LogP contribution is 2.32. The number of amides is 1. The van der Waals surface area contributed by atoms with Crippen molar-refractivity contribution in [3.63, 3.8) is 0 Å². The largest absolute Gasteiger partial charge is 0.494 e. The highest BCUT2D eigenvalue weighted by Gasteiger charge is 2.20. The van der Waals surface area contributed by atoms with Crippen molar-refractivity contribution in [3.8, 4) is 17.0 Å². The third kappa shape index (κ3) is 5.93. The highest BCUT2D eigenvalue weighted by atomic mass is 35.5. The molecule has 9 nitrogen and oxygen atoms in total. The SMILES string of the molecule is COc1ccc(-c2cnc3c(Nc4ccc(C(=O)N[C@H](C)CNC(=N)C(C)C)c(Cl)c4)nccn23)c(F)c1F. The van der Waals surface area contributed by atoms with Crippen molar-refractivity contribution in [2.24, 2.45) is 5.92 Å². The number of aromatic nitrogens is 3. The van der Waals surface area contributed by atoms with E-state index in [2.05, 4.69) is 25.9 Å². The molecule has 0 saturated carbocycles. The number of ether oxygens (including phenoxy) is 1. The Labute approximate surface area is 229 Å². The first-order valence-corrected chi connectivity index (χ1v) is 12.5. The van der Waals surface area contributed by atoms with Gasteiger partial charge in [0.15, 0.2) is 23.0 Å². The van der Waals surface area contributed by atoms with Crippen LogP contribution in [0, 0.1) is 23.0 Å². The molecule has 1 atom stereocenters. The standard InChI is InChI=1S/C27H28ClF2N7O2/c1-14(2)24(31)33-12-15(3)35-27(38)17-6-5-16(11-19(17)28)36-25-26-34-13-20(37(26)10-9-32-25)18-7-8-21(39-4)23(30)22(18)29/h5-11,13-15H,12H2,1-4H3,(H2,31,33)(H,32,36)(H,35,38)/t15-/m1/s1. The minimum atomic E-state index is -1.09. The quantitative estimate of drug-likeness (QED) is 0.162.